The highest BCUT2D eigenvalue weighted by Crippen LogP contribution is 2.34. The van der Waals surface area contributed by atoms with Crippen LogP contribution in [0, 0.1) is 0 Å². The molecule has 0 saturated carbocycles. The van der Waals surface area contributed by atoms with E-state index in [2.05, 4.69) is 0 Å². The molecule has 1 unspecified atom stereocenters. The van der Waals surface area contributed by atoms with Gasteiger partial charge in [0, 0.05) is 11.6 Å². The van der Waals surface area contributed by atoms with Crippen LogP contribution >= 0.6 is 0 Å². The number of carboxylic acids is 1. The van der Waals surface area contributed by atoms with E-state index in [9.17, 15) is 9.90 Å². The monoisotopic (exact) mass is 293 g/mol. The predicted molar refractivity (Wildman–Crippen MR) is 80.0 cm³/mol. The number of carbonyl (C=O) groups is 1. The molecule has 1 atom stereocenters. The van der Waals surface area contributed by atoms with Crippen LogP contribution in [-0.2, 0) is 4.79 Å². The van der Waals surface area contributed by atoms with E-state index in [-0.39, 0.29) is 0 Å². The molecule has 1 heterocycles. The summed E-state index contributed by atoms with van der Waals surface area (Å²) in [4.78, 5) is 13.8. The smallest absolute Gasteiger partial charge is 0.325 e. The zero-order chi connectivity index (χ0) is 15.2. The third kappa shape index (κ3) is 3.67. The first-order chi connectivity index (χ1) is 10.2. The van der Waals surface area contributed by atoms with Crippen molar-refractivity contribution >= 4 is 5.97 Å². The van der Waals surface area contributed by atoms with Gasteiger partial charge < -0.3 is 14.6 Å². The number of hydrogen-bond acceptors (Lipinski definition) is 4. The second-order valence-electron chi connectivity index (χ2n) is 5.30. The van der Waals surface area contributed by atoms with Crippen molar-refractivity contribution in [1.82, 2.24) is 4.90 Å². The second-order valence-corrected chi connectivity index (χ2v) is 5.30. The topological polar surface area (TPSA) is 59.0 Å². The third-order valence-electron chi connectivity index (χ3n) is 3.97. The van der Waals surface area contributed by atoms with Gasteiger partial charge in [0.2, 0.25) is 0 Å². The lowest BCUT2D eigenvalue weighted by molar-refractivity contribution is -0.143. The Kier molecular flexibility index (Phi) is 5.44. The standard InChI is InChI=1S/C16H23NO4/c1-20-12-7-8-13(14(11-12)21-2)15(16(18)19)17-9-5-3-4-6-10-17/h7-8,11,15H,3-6,9-10H2,1-2H3,(H,18,19). The van der Waals surface area contributed by atoms with Gasteiger partial charge in [0.1, 0.15) is 17.5 Å². The highest BCUT2D eigenvalue weighted by molar-refractivity contribution is 5.77. The molecule has 2 rings (SSSR count). The van der Waals surface area contributed by atoms with Crippen molar-refractivity contribution in [2.45, 2.75) is 31.7 Å². The number of aliphatic carboxylic acids is 1. The molecule has 1 N–H and O–H groups in total. The fraction of sp³-hybridized carbons (Fsp3) is 0.562. The molecule has 0 spiro atoms. The van der Waals surface area contributed by atoms with Crippen LogP contribution in [0.25, 0.3) is 0 Å². The number of hydrogen-bond donors (Lipinski definition) is 1. The van der Waals surface area contributed by atoms with Gasteiger partial charge in [0.15, 0.2) is 0 Å². The number of nitrogens with zero attached hydrogens (tertiary/aromatic N) is 1. The van der Waals surface area contributed by atoms with Crippen LogP contribution in [0.4, 0.5) is 0 Å². The van der Waals surface area contributed by atoms with Crippen LogP contribution < -0.4 is 9.47 Å². The van der Waals surface area contributed by atoms with Crippen LogP contribution in [-0.4, -0.2) is 43.3 Å². The Morgan fingerprint density at radius 2 is 1.81 bits per heavy atom. The summed E-state index contributed by atoms with van der Waals surface area (Å²) >= 11 is 0. The molecule has 5 nitrogen and oxygen atoms in total. The van der Waals surface area contributed by atoms with E-state index >= 15 is 0 Å². The van der Waals surface area contributed by atoms with Gasteiger partial charge in [-0.1, -0.05) is 12.8 Å². The minimum absolute atomic E-state index is 0.561. The summed E-state index contributed by atoms with van der Waals surface area (Å²) in [5.41, 5.74) is 0.688. The van der Waals surface area contributed by atoms with E-state index in [1.807, 2.05) is 4.90 Å². The molecular formula is C16H23NO4. The van der Waals surface area contributed by atoms with Crippen LogP contribution in [0.5, 0.6) is 11.5 Å². The molecule has 21 heavy (non-hydrogen) atoms. The molecule has 116 valence electrons. The maximum Gasteiger partial charge on any atom is 0.325 e. The predicted octanol–water partition coefficient (Wildman–Crippen LogP) is 2.71. The van der Waals surface area contributed by atoms with E-state index in [1.165, 1.54) is 12.8 Å². The maximum atomic E-state index is 11.8. The van der Waals surface area contributed by atoms with Crippen molar-refractivity contribution < 1.29 is 19.4 Å². The summed E-state index contributed by atoms with van der Waals surface area (Å²) < 4.78 is 10.5. The normalized spacial score (nSPS) is 17.8. The molecule has 1 aliphatic heterocycles. The molecule has 1 fully saturated rings. The van der Waals surface area contributed by atoms with E-state index in [4.69, 9.17) is 9.47 Å². The van der Waals surface area contributed by atoms with E-state index in [0.29, 0.717) is 17.1 Å². The maximum absolute atomic E-state index is 11.8. The average Bonchev–Trinajstić information content (AvgIpc) is 2.76. The van der Waals surface area contributed by atoms with Crippen molar-refractivity contribution in [2.24, 2.45) is 0 Å². The van der Waals surface area contributed by atoms with Crippen molar-refractivity contribution in [3.8, 4) is 11.5 Å². The molecule has 0 bridgehead atoms. The molecule has 1 aromatic carbocycles. The number of likely N-dealkylation sites (tertiary alicyclic amines) is 1. The summed E-state index contributed by atoms with van der Waals surface area (Å²) in [6.45, 7) is 1.62. The van der Waals surface area contributed by atoms with Crippen LogP contribution in [0.2, 0.25) is 0 Å². The van der Waals surface area contributed by atoms with Crippen LogP contribution in [0.15, 0.2) is 18.2 Å². The summed E-state index contributed by atoms with van der Waals surface area (Å²) in [5.74, 6) is 0.391. The first-order valence-electron chi connectivity index (χ1n) is 7.36. The van der Waals surface area contributed by atoms with Gasteiger partial charge in [-0.15, -0.1) is 0 Å². The quantitative estimate of drug-likeness (QED) is 0.904. The van der Waals surface area contributed by atoms with E-state index < -0.39 is 12.0 Å². The van der Waals surface area contributed by atoms with Gasteiger partial charge in [0.25, 0.3) is 0 Å². The van der Waals surface area contributed by atoms with E-state index in [0.717, 1.165) is 25.9 Å². The van der Waals surface area contributed by atoms with Gasteiger partial charge >= 0.3 is 5.97 Å². The zero-order valence-corrected chi connectivity index (χ0v) is 12.7. The molecule has 1 saturated heterocycles. The summed E-state index contributed by atoms with van der Waals surface area (Å²) in [6, 6.07) is 4.65. The Bertz CT molecular complexity index is 481. The van der Waals surface area contributed by atoms with Crippen molar-refractivity contribution in [3.05, 3.63) is 23.8 Å². The highest BCUT2D eigenvalue weighted by Gasteiger charge is 2.30. The van der Waals surface area contributed by atoms with E-state index in [1.54, 1.807) is 32.4 Å². The number of methoxy groups -OCH3 is 2. The largest absolute Gasteiger partial charge is 0.497 e. The zero-order valence-electron chi connectivity index (χ0n) is 12.7. The van der Waals surface area contributed by atoms with Gasteiger partial charge in [-0.05, 0) is 38.1 Å². The highest BCUT2D eigenvalue weighted by atomic mass is 16.5. The average molecular weight is 293 g/mol. The Hall–Kier alpha value is -1.75. The number of benzene rings is 1. The lowest BCUT2D eigenvalue weighted by Gasteiger charge is -2.28. The molecule has 0 radical (unpaired) electrons. The minimum Gasteiger partial charge on any atom is -0.497 e. The lowest BCUT2D eigenvalue weighted by Crippen LogP contribution is -2.35. The van der Waals surface area contributed by atoms with Crippen molar-refractivity contribution in [3.63, 3.8) is 0 Å². The van der Waals surface area contributed by atoms with Gasteiger partial charge in [-0.25, -0.2) is 0 Å². The molecule has 0 aliphatic carbocycles. The Morgan fingerprint density at radius 3 is 2.33 bits per heavy atom. The van der Waals surface area contributed by atoms with Gasteiger partial charge in [-0.2, -0.15) is 0 Å². The van der Waals surface area contributed by atoms with Crippen molar-refractivity contribution in [2.75, 3.05) is 27.3 Å². The second kappa shape index (κ2) is 7.31. The van der Waals surface area contributed by atoms with Gasteiger partial charge in [0.05, 0.1) is 14.2 Å². The van der Waals surface area contributed by atoms with Crippen molar-refractivity contribution in [1.29, 1.82) is 0 Å². The fourth-order valence-electron chi connectivity index (χ4n) is 2.88. The fourth-order valence-corrected chi connectivity index (χ4v) is 2.88. The lowest BCUT2D eigenvalue weighted by atomic mass is 10.0. The van der Waals surface area contributed by atoms with Crippen LogP contribution in [0.3, 0.4) is 0 Å². The first-order valence-corrected chi connectivity index (χ1v) is 7.36. The van der Waals surface area contributed by atoms with Crippen LogP contribution in [0.1, 0.15) is 37.3 Å². The number of carboxylic acid groups (broad SMARTS) is 1. The summed E-state index contributed by atoms with van der Waals surface area (Å²) in [5, 5.41) is 9.69. The SMILES string of the molecule is COc1ccc(C(C(=O)O)N2CCCCCC2)c(OC)c1. The number of rotatable bonds is 5. The molecule has 1 aliphatic rings. The molecule has 0 aromatic heterocycles. The molecule has 1 aromatic rings. The van der Waals surface area contributed by atoms with Gasteiger partial charge in [-0.3, -0.25) is 9.69 Å². The molecule has 5 heteroatoms. The Labute approximate surface area is 125 Å². The molecular weight excluding hydrogens is 270 g/mol. The first kappa shape index (κ1) is 15.6. The number of ether oxygens (including phenoxy) is 2. The third-order valence-corrected chi connectivity index (χ3v) is 3.97. The minimum atomic E-state index is -0.833. The Morgan fingerprint density at radius 1 is 1.14 bits per heavy atom. The molecule has 0 amide bonds. The Balaban J connectivity index is 2.35. The summed E-state index contributed by atoms with van der Waals surface area (Å²) in [7, 11) is 3.14. The summed E-state index contributed by atoms with van der Waals surface area (Å²) in [6.07, 6.45) is 4.43.